The number of hydrogen-bond acceptors (Lipinski definition) is 3. The van der Waals surface area contributed by atoms with E-state index in [0.29, 0.717) is 12.5 Å². The van der Waals surface area contributed by atoms with Crippen LogP contribution in [0.2, 0.25) is 0 Å². The summed E-state index contributed by atoms with van der Waals surface area (Å²) in [6, 6.07) is 8.43. The number of rotatable bonds is 4. The first-order valence-corrected chi connectivity index (χ1v) is 5.96. The Hall–Kier alpha value is -1.61. The van der Waals surface area contributed by atoms with Gasteiger partial charge in [0.2, 0.25) is 0 Å². The van der Waals surface area contributed by atoms with Crippen LogP contribution in [0.15, 0.2) is 35.0 Å². The van der Waals surface area contributed by atoms with Crippen LogP contribution in [-0.4, -0.2) is 11.7 Å². The van der Waals surface area contributed by atoms with Gasteiger partial charge in [0.05, 0.1) is 6.20 Å². The van der Waals surface area contributed by atoms with Crippen LogP contribution in [0.4, 0.5) is 0 Å². The smallest absolute Gasteiger partial charge is 0.170 e. The zero-order valence-corrected chi connectivity index (χ0v) is 10.3. The molecule has 2 N–H and O–H groups in total. The molecule has 0 aliphatic rings. The molecule has 0 unspecified atom stereocenters. The number of aromatic nitrogens is 1. The summed E-state index contributed by atoms with van der Waals surface area (Å²) >= 11 is 0. The van der Waals surface area contributed by atoms with E-state index in [9.17, 15) is 0 Å². The molecule has 3 heteroatoms. The van der Waals surface area contributed by atoms with Crippen molar-refractivity contribution >= 4 is 0 Å². The second-order valence-corrected chi connectivity index (χ2v) is 4.50. The van der Waals surface area contributed by atoms with E-state index in [-0.39, 0.29) is 0 Å². The summed E-state index contributed by atoms with van der Waals surface area (Å²) in [6.45, 7) is 4.98. The molecule has 0 saturated carbocycles. The Kier molecular flexibility index (Phi) is 3.59. The molecule has 0 aliphatic carbocycles. The summed E-state index contributed by atoms with van der Waals surface area (Å²) in [5.41, 5.74) is 9.03. The minimum Gasteiger partial charge on any atom is -0.356 e. The van der Waals surface area contributed by atoms with Crippen molar-refractivity contribution in [2.75, 3.05) is 6.54 Å². The molecule has 2 aromatic rings. The van der Waals surface area contributed by atoms with Gasteiger partial charge in [0.1, 0.15) is 0 Å². The molecule has 3 nitrogen and oxygen atoms in total. The highest BCUT2D eigenvalue weighted by molar-refractivity contribution is 5.61. The van der Waals surface area contributed by atoms with Crippen LogP contribution in [-0.2, 0) is 6.42 Å². The molecule has 90 valence electrons. The summed E-state index contributed by atoms with van der Waals surface area (Å²) in [5.74, 6) is 1.38. The van der Waals surface area contributed by atoms with Crippen molar-refractivity contribution in [3.05, 3.63) is 41.6 Å². The Bertz CT molecular complexity index is 471. The molecule has 0 spiro atoms. The van der Waals surface area contributed by atoms with Gasteiger partial charge in [-0.3, -0.25) is 0 Å². The minimum absolute atomic E-state index is 0.544. The van der Waals surface area contributed by atoms with Gasteiger partial charge in [0.25, 0.3) is 0 Å². The van der Waals surface area contributed by atoms with E-state index in [1.54, 1.807) is 6.20 Å². The average Bonchev–Trinajstić information content (AvgIpc) is 2.78. The van der Waals surface area contributed by atoms with Crippen molar-refractivity contribution in [2.45, 2.75) is 26.2 Å². The Labute approximate surface area is 102 Å². The highest BCUT2D eigenvalue weighted by Crippen LogP contribution is 2.25. The second-order valence-electron chi connectivity index (χ2n) is 4.50. The van der Waals surface area contributed by atoms with Gasteiger partial charge in [-0.2, -0.15) is 0 Å². The van der Waals surface area contributed by atoms with Crippen LogP contribution in [0, 0.1) is 0 Å². The highest BCUT2D eigenvalue weighted by Gasteiger charge is 2.10. The van der Waals surface area contributed by atoms with Crippen LogP contribution < -0.4 is 5.73 Å². The van der Waals surface area contributed by atoms with Gasteiger partial charge in [-0.1, -0.05) is 43.3 Å². The van der Waals surface area contributed by atoms with Crippen molar-refractivity contribution in [3.8, 4) is 11.3 Å². The molecule has 17 heavy (non-hydrogen) atoms. The van der Waals surface area contributed by atoms with E-state index in [2.05, 4.69) is 43.3 Å². The first-order chi connectivity index (χ1) is 8.22. The number of nitrogens with zero attached hydrogens (tertiary/aromatic N) is 1. The Morgan fingerprint density at radius 3 is 2.53 bits per heavy atom. The van der Waals surface area contributed by atoms with Gasteiger partial charge in [-0.15, -0.1) is 0 Å². The van der Waals surface area contributed by atoms with Gasteiger partial charge in [0.15, 0.2) is 5.76 Å². The fraction of sp³-hybridized carbons (Fsp3) is 0.357. The van der Waals surface area contributed by atoms with E-state index >= 15 is 0 Å². The number of benzene rings is 1. The molecule has 0 saturated heterocycles. The van der Waals surface area contributed by atoms with E-state index < -0.39 is 0 Å². The van der Waals surface area contributed by atoms with E-state index in [0.717, 1.165) is 23.3 Å². The summed E-state index contributed by atoms with van der Waals surface area (Å²) < 4.78 is 5.30. The quantitative estimate of drug-likeness (QED) is 0.878. The maximum atomic E-state index is 5.56. The van der Waals surface area contributed by atoms with E-state index in [1.807, 2.05) is 0 Å². The molecule has 1 aromatic heterocycles. The Balaban J connectivity index is 2.30. The van der Waals surface area contributed by atoms with Crippen molar-refractivity contribution in [2.24, 2.45) is 5.73 Å². The fourth-order valence-electron chi connectivity index (χ4n) is 1.85. The normalized spacial score (nSPS) is 11.1. The van der Waals surface area contributed by atoms with Crippen LogP contribution >= 0.6 is 0 Å². The average molecular weight is 230 g/mol. The molecule has 0 bridgehead atoms. The van der Waals surface area contributed by atoms with Crippen molar-refractivity contribution in [3.63, 3.8) is 0 Å². The fourth-order valence-corrected chi connectivity index (χ4v) is 1.85. The third-order valence-corrected chi connectivity index (χ3v) is 2.90. The molecule has 1 aromatic carbocycles. The van der Waals surface area contributed by atoms with Crippen LogP contribution in [0.5, 0.6) is 0 Å². The zero-order chi connectivity index (χ0) is 12.3. The Morgan fingerprint density at radius 1 is 1.24 bits per heavy atom. The van der Waals surface area contributed by atoms with Gasteiger partial charge in [-0.05, 0) is 24.4 Å². The lowest BCUT2D eigenvalue weighted by atomic mass is 10.00. The summed E-state index contributed by atoms with van der Waals surface area (Å²) in [5, 5.41) is 3.84. The molecule has 0 amide bonds. The summed E-state index contributed by atoms with van der Waals surface area (Å²) in [6.07, 6.45) is 2.54. The van der Waals surface area contributed by atoms with Crippen molar-refractivity contribution < 1.29 is 4.52 Å². The zero-order valence-electron chi connectivity index (χ0n) is 10.3. The first kappa shape index (κ1) is 11.9. The molecule has 1 heterocycles. The largest absolute Gasteiger partial charge is 0.356 e. The van der Waals surface area contributed by atoms with E-state index in [1.165, 1.54) is 5.56 Å². The molecular formula is C14H18N2O. The van der Waals surface area contributed by atoms with Crippen LogP contribution in [0.1, 0.15) is 30.9 Å². The highest BCUT2D eigenvalue weighted by atomic mass is 16.5. The van der Waals surface area contributed by atoms with Gasteiger partial charge < -0.3 is 10.3 Å². The molecule has 0 radical (unpaired) electrons. The van der Waals surface area contributed by atoms with Gasteiger partial charge in [-0.25, -0.2) is 0 Å². The van der Waals surface area contributed by atoms with Gasteiger partial charge in [0, 0.05) is 11.1 Å². The van der Waals surface area contributed by atoms with Crippen molar-refractivity contribution in [1.29, 1.82) is 0 Å². The first-order valence-electron chi connectivity index (χ1n) is 5.96. The summed E-state index contributed by atoms with van der Waals surface area (Å²) in [7, 11) is 0. The Morgan fingerprint density at radius 2 is 1.94 bits per heavy atom. The minimum atomic E-state index is 0.544. The van der Waals surface area contributed by atoms with Crippen LogP contribution in [0.25, 0.3) is 11.3 Å². The number of hydrogen-bond donors (Lipinski definition) is 1. The third-order valence-electron chi connectivity index (χ3n) is 2.90. The van der Waals surface area contributed by atoms with Crippen LogP contribution in [0.3, 0.4) is 0 Å². The van der Waals surface area contributed by atoms with E-state index in [4.69, 9.17) is 10.3 Å². The lowest BCUT2D eigenvalue weighted by Gasteiger charge is -2.06. The molecule has 0 aliphatic heterocycles. The molecule has 0 atom stereocenters. The third kappa shape index (κ3) is 2.56. The van der Waals surface area contributed by atoms with Gasteiger partial charge >= 0.3 is 0 Å². The topological polar surface area (TPSA) is 52.0 Å². The monoisotopic (exact) mass is 230 g/mol. The standard InChI is InChI=1S/C14H18N2O/c1-10(2)11-3-5-12(6-4-11)14-13(7-8-15)9-16-17-14/h3-6,9-10H,7-8,15H2,1-2H3. The second kappa shape index (κ2) is 5.15. The molecular weight excluding hydrogens is 212 g/mol. The lowest BCUT2D eigenvalue weighted by molar-refractivity contribution is 0.431. The predicted molar refractivity (Wildman–Crippen MR) is 68.8 cm³/mol. The molecule has 0 fully saturated rings. The molecule has 2 rings (SSSR count). The number of nitrogens with two attached hydrogens (primary N) is 1. The summed E-state index contributed by atoms with van der Waals surface area (Å²) in [4.78, 5) is 0. The SMILES string of the molecule is CC(C)c1ccc(-c2oncc2CCN)cc1. The maximum absolute atomic E-state index is 5.56. The maximum Gasteiger partial charge on any atom is 0.170 e. The van der Waals surface area contributed by atoms with Crippen molar-refractivity contribution in [1.82, 2.24) is 5.16 Å². The lowest BCUT2D eigenvalue weighted by Crippen LogP contribution is -2.02. The predicted octanol–water partition coefficient (Wildman–Crippen LogP) is 2.97.